The van der Waals surface area contributed by atoms with Gasteiger partial charge in [-0.1, -0.05) is 11.3 Å². The summed E-state index contributed by atoms with van der Waals surface area (Å²) >= 11 is 1.29. The first-order chi connectivity index (χ1) is 10.1. The zero-order valence-electron chi connectivity index (χ0n) is 11.8. The van der Waals surface area contributed by atoms with Crippen LogP contribution in [-0.4, -0.2) is 37.4 Å². The summed E-state index contributed by atoms with van der Waals surface area (Å²) in [5.74, 6) is -0.264. The van der Waals surface area contributed by atoms with E-state index in [9.17, 15) is 4.79 Å². The van der Waals surface area contributed by atoms with E-state index in [0.29, 0.717) is 15.7 Å². The maximum atomic E-state index is 12.3. The Morgan fingerprint density at radius 3 is 3.00 bits per heavy atom. The normalized spacial score (nSPS) is 12.7. The predicted octanol–water partition coefficient (Wildman–Crippen LogP) is 1.48. The van der Waals surface area contributed by atoms with Crippen LogP contribution in [0.2, 0.25) is 0 Å². The Labute approximate surface area is 124 Å². The maximum absolute atomic E-state index is 12.3. The van der Waals surface area contributed by atoms with Crippen LogP contribution < -0.4 is 5.32 Å². The van der Waals surface area contributed by atoms with E-state index in [4.69, 9.17) is 4.74 Å². The molecular formula is C12H14N6O2S. The van der Waals surface area contributed by atoms with Crippen molar-refractivity contribution in [3.05, 3.63) is 29.2 Å². The molecule has 0 aliphatic heterocycles. The van der Waals surface area contributed by atoms with Crippen molar-refractivity contribution in [2.24, 2.45) is 7.05 Å². The van der Waals surface area contributed by atoms with Gasteiger partial charge in [-0.3, -0.25) is 10.1 Å². The van der Waals surface area contributed by atoms with Crippen LogP contribution in [-0.2, 0) is 11.8 Å². The maximum Gasteiger partial charge on any atom is 0.262 e. The molecule has 21 heavy (non-hydrogen) atoms. The van der Waals surface area contributed by atoms with Crippen molar-refractivity contribution < 1.29 is 9.53 Å². The molecule has 3 aromatic heterocycles. The molecule has 3 rings (SSSR count). The summed E-state index contributed by atoms with van der Waals surface area (Å²) in [4.78, 5) is 12.3. The molecule has 1 amide bonds. The van der Waals surface area contributed by atoms with Crippen molar-refractivity contribution in [1.29, 1.82) is 0 Å². The lowest BCUT2D eigenvalue weighted by Gasteiger charge is -2.02. The summed E-state index contributed by atoms with van der Waals surface area (Å²) < 4.78 is 8.65. The Kier molecular flexibility index (Phi) is 3.43. The molecule has 0 aliphatic carbocycles. The first kappa shape index (κ1) is 13.7. The van der Waals surface area contributed by atoms with E-state index < -0.39 is 0 Å². The third kappa shape index (κ3) is 2.41. The van der Waals surface area contributed by atoms with Gasteiger partial charge in [0.05, 0.1) is 6.20 Å². The van der Waals surface area contributed by atoms with E-state index in [1.54, 1.807) is 17.8 Å². The topological polar surface area (TPSA) is 86.3 Å². The number of carbonyl (C=O) groups is 1. The lowest BCUT2D eigenvalue weighted by atomic mass is 10.3. The molecule has 8 nitrogen and oxygen atoms in total. The molecule has 0 aliphatic rings. The number of aromatic nitrogens is 5. The summed E-state index contributed by atoms with van der Waals surface area (Å²) in [5.41, 5.74) is 1.21. The predicted molar refractivity (Wildman–Crippen MR) is 77.4 cm³/mol. The quantitative estimate of drug-likeness (QED) is 0.789. The van der Waals surface area contributed by atoms with Crippen molar-refractivity contribution in [2.45, 2.75) is 13.0 Å². The number of anilines is 1. The number of nitrogens with zero attached hydrogens (tertiary/aromatic N) is 5. The molecule has 1 unspecified atom stereocenters. The van der Waals surface area contributed by atoms with Gasteiger partial charge in [-0.15, -0.1) is 10.2 Å². The Balaban J connectivity index is 1.83. The lowest BCUT2D eigenvalue weighted by molar-refractivity contribution is 0.102. The van der Waals surface area contributed by atoms with E-state index in [0.717, 1.165) is 5.65 Å². The van der Waals surface area contributed by atoms with Crippen LogP contribution in [0.3, 0.4) is 0 Å². The second-order valence-electron chi connectivity index (χ2n) is 4.51. The minimum absolute atomic E-state index is 0.149. The van der Waals surface area contributed by atoms with Crippen molar-refractivity contribution in [1.82, 2.24) is 24.4 Å². The Morgan fingerprint density at radius 1 is 1.43 bits per heavy atom. The molecule has 0 radical (unpaired) electrons. The van der Waals surface area contributed by atoms with Gasteiger partial charge in [0.15, 0.2) is 0 Å². The number of methoxy groups -OCH3 is 1. The second kappa shape index (κ2) is 5.26. The highest BCUT2D eigenvalue weighted by Crippen LogP contribution is 2.24. The van der Waals surface area contributed by atoms with Crippen LogP contribution >= 0.6 is 11.3 Å². The Morgan fingerprint density at radius 2 is 2.24 bits per heavy atom. The molecule has 0 spiro atoms. The molecule has 3 aromatic rings. The van der Waals surface area contributed by atoms with Gasteiger partial charge in [-0.25, -0.2) is 4.52 Å². The largest absolute Gasteiger partial charge is 0.374 e. The summed E-state index contributed by atoms with van der Waals surface area (Å²) in [7, 11) is 3.46. The monoisotopic (exact) mass is 306 g/mol. The molecule has 0 saturated carbocycles. The van der Waals surface area contributed by atoms with Crippen molar-refractivity contribution in [2.75, 3.05) is 12.4 Å². The number of fused-ring (bicyclic) bond motifs is 1. The third-order valence-electron chi connectivity index (χ3n) is 3.14. The minimum Gasteiger partial charge on any atom is -0.374 e. The number of imidazole rings is 1. The number of rotatable bonds is 4. The number of hydrogen-bond acceptors (Lipinski definition) is 6. The molecule has 0 bridgehead atoms. The molecule has 0 fully saturated rings. The fraction of sp³-hybridized carbons (Fsp3) is 0.333. The number of nitrogens with one attached hydrogen (secondary N) is 1. The molecular weight excluding hydrogens is 292 g/mol. The highest BCUT2D eigenvalue weighted by atomic mass is 32.1. The van der Waals surface area contributed by atoms with E-state index in [2.05, 4.69) is 20.6 Å². The summed E-state index contributed by atoms with van der Waals surface area (Å²) in [6.45, 7) is 1.87. The van der Waals surface area contributed by atoms with Gasteiger partial charge in [0.25, 0.3) is 5.91 Å². The van der Waals surface area contributed by atoms with E-state index in [1.165, 1.54) is 17.5 Å². The van der Waals surface area contributed by atoms with Crippen LogP contribution in [0.1, 0.15) is 28.4 Å². The highest BCUT2D eigenvalue weighted by molar-refractivity contribution is 7.15. The van der Waals surface area contributed by atoms with E-state index >= 15 is 0 Å². The number of ether oxygens (including phenoxy) is 1. The van der Waals surface area contributed by atoms with Gasteiger partial charge in [0, 0.05) is 26.6 Å². The van der Waals surface area contributed by atoms with Crippen LogP contribution in [0.5, 0.6) is 0 Å². The standard InChI is InChI=1S/C12H14N6O2S/c1-7(20-3)10-15-16-12(21-10)14-9(19)8-6-13-18-5-4-17(2)11(8)18/h4-7H,1-3H3,(H,14,16,19). The summed E-state index contributed by atoms with van der Waals surface area (Å²) in [5, 5.41) is 16.0. The second-order valence-corrected chi connectivity index (χ2v) is 5.52. The molecule has 0 aromatic carbocycles. The van der Waals surface area contributed by atoms with Crippen LogP contribution in [0, 0.1) is 0 Å². The lowest BCUT2D eigenvalue weighted by Crippen LogP contribution is -2.12. The molecule has 9 heteroatoms. The third-order valence-corrected chi connectivity index (χ3v) is 4.14. The van der Waals surface area contributed by atoms with Crippen molar-refractivity contribution in [3.63, 3.8) is 0 Å². The van der Waals surface area contributed by atoms with Gasteiger partial charge in [-0.2, -0.15) is 5.10 Å². The van der Waals surface area contributed by atoms with Crippen molar-refractivity contribution >= 4 is 28.0 Å². The van der Waals surface area contributed by atoms with Gasteiger partial charge in [0.2, 0.25) is 5.13 Å². The average Bonchev–Trinajstić information content (AvgIpc) is 3.16. The number of amides is 1. The number of hydrogen-bond donors (Lipinski definition) is 1. The highest BCUT2D eigenvalue weighted by Gasteiger charge is 2.18. The fourth-order valence-corrected chi connectivity index (χ4v) is 2.69. The van der Waals surface area contributed by atoms with Gasteiger partial charge in [-0.05, 0) is 6.92 Å². The first-order valence-corrected chi connectivity index (χ1v) is 7.08. The number of carbonyl (C=O) groups excluding carboxylic acids is 1. The van der Waals surface area contributed by atoms with Crippen LogP contribution in [0.15, 0.2) is 18.6 Å². The Hall–Kier alpha value is -2.26. The summed E-state index contributed by atoms with van der Waals surface area (Å²) in [6, 6.07) is 0. The SMILES string of the molecule is COC(C)c1nnc(NC(=O)c2cnn3ccn(C)c23)s1. The van der Waals surface area contributed by atoms with Crippen molar-refractivity contribution in [3.8, 4) is 0 Å². The van der Waals surface area contributed by atoms with Gasteiger partial charge in [0.1, 0.15) is 22.3 Å². The fourth-order valence-electron chi connectivity index (χ4n) is 1.93. The van der Waals surface area contributed by atoms with E-state index in [-0.39, 0.29) is 12.0 Å². The Bertz CT molecular complexity index is 789. The zero-order valence-corrected chi connectivity index (χ0v) is 12.6. The van der Waals surface area contributed by atoms with Gasteiger partial charge < -0.3 is 9.30 Å². The molecule has 110 valence electrons. The smallest absolute Gasteiger partial charge is 0.262 e. The molecule has 1 N–H and O–H groups in total. The zero-order chi connectivity index (χ0) is 15.0. The molecule has 3 heterocycles. The summed E-state index contributed by atoms with van der Waals surface area (Å²) in [6.07, 6.45) is 5.01. The molecule has 0 saturated heterocycles. The number of aryl methyl sites for hydroxylation is 1. The molecule has 1 atom stereocenters. The first-order valence-electron chi connectivity index (χ1n) is 6.26. The van der Waals surface area contributed by atoms with Crippen LogP contribution in [0.4, 0.5) is 5.13 Å². The minimum atomic E-state index is -0.264. The average molecular weight is 306 g/mol. The van der Waals surface area contributed by atoms with E-state index in [1.807, 2.05) is 24.7 Å². The van der Waals surface area contributed by atoms with Gasteiger partial charge >= 0.3 is 0 Å². The van der Waals surface area contributed by atoms with Crippen LogP contribution in [0.25, 0.3) is 5.65 Å².